The first kappa shape index (κ1) is 15.0. The largest absolute Gasteiger partial charge is 0.457 e. The maximum absolute atomic E-state index is 11.6. The molecule has 0 aliphatic rings. The number of nitro groups is 1. The predicted molar refractivity (Wildman–Crippen MR) is 79.3 cm³/mol. The number of benzene rings is 2. The van der Waals surface area contributed by atoms with E-state index < -0.39 is 4.92 Å². The Morgan fingerprint density at radius 1 is 1.05 bits per heavy atom. The van der Waals surface area contributed by atoms with Crippen molar-refractivity contribution in [1.29, 1.82) is 0 Å². The van der Waals surface area contributed by atoms with Gasteiger partial charge in [0.15, 0.2) is 5.78 Å². The Balaban J connectivity index is 2.06. The van der Waals surface area contributed by atoms with Crippen molar-refractivity contribution in [2.75, 3.05) is 5.88 Å². The van der Waals surface area contributed by atoms with Gasteiger partial charge < -0.3 is 4.74 Å². The van der Waals surface area contributed by atoms with Crippen LogP contribution in [0.15, 0.2) is 48.5 Å². The van der Waals surface area contributed by atoms with E-state index in [4.69, 9.17) is 16.3 Å². The van der Waals surface area contributed by atoms with Crippen molar-refractivity contribution in [2.24, 2.45) is 0 Å². The quantitative estimate of drug-likeness (QED) is 0.347. The molecule has 0 spiro atoms. The van der Waals surface area contributed by atoms with E-state index in [1.54, 1.807) is 24.3 Å². The van der Waals surface area contributed by atoms with Crippen LogP contribution in [0.25, 0.3) is 0 Å². The summed E-state index contributed by atoms with van der Waals surface area (Å²) < 4.78 is 5.55. The Hall–Kier alpha value is -2.40. The number of ether oxygens (including phenoxy) is 1. The van der Waals surface area contributed by atoms with Gasteiger partial charge in [-0.1, -0.05) is 0 Å². The molecule has 0 amide bonds. The number of ketones is 1. The smallest absolute Gasteiger partial charge is 0.269 e. The summed E-state index contributed by atoms with van der Waals surface area (Å²) in [6.45, 7) is 0. The molecule has 21 heavy (non-hydrogen) atoms. The monoisotopic (exact) mass is 305 g/mol. The van der Waals surface area contributed by atoms with Crippen molar-refractivity contribution in [1.82, 2.24) is 0 Å². The van der Waals surface area contributed by atoms with E-state index in [2.05, 4.69) is 0 Å². The van der Waals surface area contributed by atoms with Gasteiger partial charge in [0.05, 0.1) is 4.92 Å². The van der Waals surface area contributed by atoms with Crippen LogP contribution in [0, 0.1) is 10.1 Å². The molecule has 6 heteroatoms. The van der Waals surface area contributed by atoms with Crippen LogP contribution in [0.5, 0.6) is 11.5 Å². The summed E-state index contributed by atoms with van der Waals surface area (Å²) in [5.74, 6) is 1.30. The maximum atomic E-state index is 11.6. The van der Waals surface area contributed by atoms with Crippen LogP contribution < -0.4 is 4.74 Å². The van der Waals surface area contributed by atoms with Crippen molar-refractivity contribution in [3.63, 3.8) is 0 Å². The van der Waals surface area contributed by atoms with E-state index in [0.717, 1.165) is 0 Å². The van der Waals surface area contributed by atoms with E-state index in [1.807, 2.05) is 0 Å². The van der Waals surface area contributed by atoms with Gasteiger partial charge in [0.25, 0.3) is 5.69 Å². The first-order valence-electron chi connectivity index (χ1n) is 6.21. The van der Waals surface area contributed by atoms with Crippen LogP contribution in [0.3, 0.4) is 0 Å². The molecule has 0 bridgehead atoms. The van der Waals surface area contributed by atoms with Crippen molar-refractivity contribution in [3.05, 3.63) is 64.2 Å². The molecule has 0 aliphatic carbocycles. The minimum Gasteiger partial charge on any atom is -0.457 e. The number of nitrogens with zero attached hydrogens (tertiary/aromatic N) is 1. The van der Waals surface area contributed by atoms with Crippen LogP contribution >= 0.6 is 11.6 Å². The minimum absolute atomic E-state index is 0.00405. The summed E-state index contributed by atoms with van der Waals surface area (Å²) >= 11 is 5.53. The molecule has 2 rings (SSSR count). The van der Waals surface area contributed by atoms with Gasteiger partial charge in [-0.3, -0.25) is 14.9 Å². The van der Waals surface area contributed by atoms with Gasteiger partial charge in [0.1, 0.15) is 11.5 Å². The average molecular weight is 306 g/mol. The number of carbonyl (C=O) groups excluding carboxylic acids is 1. The lowest BCUT2D eigenvalue weighted by atomic mass is 10.1. The molecule has 2 aromatic carbocycles. The molecule has 5 nitrogen and oxygen atoms in total. The zero-order valence-corrected chi connectivity index (χ0v) is 11.7. The van der Waals surface area contributed by atoms with Crippen LogP contribution in [0.4, 0.5) is 5.69 Å². The molecule has 0 atom stereocenters. The number of rotatable bonds is 6. The second kappa shape index (κ2) is 6.85. The molecule has 0 saturated heterocycles. The third-order valence-corrected chi connectivity index (χ3v) is 2.97. The summed E-state index contributed by atoms with van der Waals surface area (Å²) in [7, 11) is 0. The van der Waals surface area contributed by atoms with Crippen LogP contribution in [0.1, 0.15) is 16.8 Å². The van der Waals surface area contributed by atoms with E-state index in [1.165, 1.54) is 24.3 Å². The van der Waals surface area contributed by atoms with Crippen molar-refractivity contribution >= 4 is 23.1 Å². The van der Waals surface area contributed by atoms with Gasteiger partial charge in [-0.2, -0.15) is 0 Å². The van der Waals surface area contributed by atoms with Gasteiger partial charge in [0.2, 0.25) is 0 Å². The second-order valence-corrected chi connectivity index (χ2v) is 4.62. The number of hydrogen-bond donors (Lipinski definition) is 0. The van der Waals surface area contributed by atoms with Crippen LogP contribution in [-0.4, -0.2) is 16.6 Å². The van der Waals surface area contributed by atoms with Crippen LogP contribution in [-0.2, 0) is 0 Å². The molecule has 0 aromatic heterocycles. The first-order valence-corrected chi connectivity index (χ1v) is 6.75. The number of alkyl halides is 1. The number of nitro benzene ring substituents is 1. The Morgan fingerprint density at radius 2 is 1.57 bits per heavy atom. The van der Waals surface area contributed by atoms with Gasteiger partial charge in [-0.25, -0.2) is 0 Å². The second-order valence-electron chi connectivity index (χ2n) is 4.24. The standard InChI is InChI=1S/C15H12ClNO4/c16-10-9-15(18)11-1-5-13(6-2-11)21-14-7-3-12(4-8-14)17(19)20/h1-8H,9-10H2. The van der Waals surface area contributed by atoms with Crippen molar-refractivity contribution < 1.29 is 14.5 Å². The third kappa shape index (κ3) is 4.03. The molecule has 0 saturated carbocycles. The Labute approximate surface area is 126 Å². The fraction of sp³-hybridized carbons (Fsp3) is 0.133. The van der Waals surface area contributed by atoms with E-state index in [9.17, 15) is 14.9 Å². The van der Waals surface area contributed by atoms with Gasteiger partial charge >= 0.3 is 0 Å². The highest BCUT2D eigenvalue weighted by Gasteiger charge is 2.07. The normalized spacial score (nSPS) is 10.1. The molecule has 0 N–H and O–H groups in total. The van der Waals surface area contributed by atoms with Crippen molar-refractivity contribution in [3.8, 4) is 11.5 Å². The maximum Gasteiger partial charge on any atom is 0.269 e. The fourth-order valence-electron chi connectivity index (χ4n) is 1.71. The number of non-ortho nitro benzene ring substituents is 1. The Kier molecular flexibility index (Phi) is 4.90. The highest BCUT2D eigenvalue weighted by molar-refractivity contribution is 6.19. The van der Waals surface area contributed by atoms with E-state index in [-0.39, 0.29) is 11.5 Å². The van der Waals surface area contributed by atoms with Gasteiger partial charge in [-0.05, 0) is 36.4 Å². The van der Waals surface area contributed by atoms with E-state index in [0.29, 0.717) is 29.4 Å². The number of Topliss-reactive ketones (excluding diaryl/α,β-unsaturated/α-hetero) is 1. The number of halogens is 1. The molecular weight excluding hydrogens is 294 g/mol. The molecule has 108 valence electrons. The highest BCUT2D eigenvalue weighted by Crippen LogP contribution is 2.24. The zero-order valence-electron chi connectivity index (χ0n) is 11.0. The van der Waals surface area contributed by atoms with Gasteiger partial charge in [-0.15, -0.1) is 11.6 Å². The molecular formula is C15H12ClNO4. The Morgan fingerprint density at radius 3 is 2.05 bits per heavy atom. The molecule has 0 fully saturated rings. The zero-order chi connectivity index (χ0) is 15.2. The van der Waals surface area contributed by atoms with Crippen molar-refractivity contribution in [2.45, 2.75) is 6.42 Å². The first-order chi connectivity index (χ1) is 10.1. The minimum atomic E-state index is -0.471. The Bertz CT molecular complexity index is 638. The lowest BCUT2D eigenvalue weighted by Gasteiger charge is -2.06. The molecule has 0 aliphatic heterocycles. The fourth-order valence-corrected chi connectivity index (χ4v) is 1.88. The predicted octanol–water partition coefficient (Wildman–Crippen LogP) is 4.20. The third-order valence-electron chi connectivity index (χ3n) is 2.78. The number of carbonyl (C=O) groups is 1. The molecule has 0 unspecified atom stereocenters. The summed E-state index contributed by atoms with van der Waals surface area (Å²) in [6.07, 6.45) is 0.296. The summed E-state index contributed by atoms with van der Waals surface area (Å²) in [5, 5.41) is 10.5. The molecule has 0 radical (unpaired) electrons. The van der Waals surface area contributed by atoms with Crippen LogP contribution in [0.2, 0.25) is 0 Å². The topological polar surface area (TPSA) is 69.4 Å². The highest BCUT2D eigenvalue weighted by atomic mass is 35.5. The summed E-state index contributed by atoms with van der Waals surface area (Å²) in [4.78, 5) is 21.7. The lowest BCUT2D eigenvalue weighted by Crippen LogP contribution is -1.99. The summed E-state index contributed by atoms with van der Waals surface area (Å²) in [6, 6.07) is 12.4. The SMILES string of the molecule is O=C(CCCl)c1ccc(Oc2ccc([N+](=O)[O-])cc2)cc1. The average Bonchev–Trinajstić information content (AvgIpc) is 2.49. The lowest BCUT2D eigenvalue weighted by molar-refractivity contribution is -0.384. The summed E-state index contributed by atoms with van der Waals surface area (Å²) in [5.41, 5.74) is 0.580. The molecule has 2 aromatic rings. The van der Waals surface area contributed by atoms with Gasteiger partial charge in [0, 0.05) is 30.0 Å². The number of hydrogen-bond acceptors (Lipinski definition) is 4. The van der Waals surface area contributed by atoms with E-state index >= 15 is 0 Å². The molecule has 0 heterocycles.